The van der Waals surface area contributed by atoms with Crippen molar-refractivity contribution in [2.75, 3.05) is 6.54 Å². The van der Waals surface area contributed by atoms with Crippen LogP contribution in [0.15, 0.2) is 12.7 Å². The van der Waals surface area contributed by atoms with Gasteiger partial charge in [0.05, 0.1) is 0 Å². The van der Waals surface area contributed by atoms with Gasteiger partial charge in [0, 0.05) is 35.5 Å². The first-order valence-electron chi connectivity index (χ1n) is 2.71. The van der Waals surface area contributed by atoms with Gasteiger partial charge in [-0.2, -0.15) is 0 Å². The Bertz CT molecular complexity index is 70.9. The van der Waals surface area contributed by atoms with E-state index in [1.807, 2.05) is 6.08 Å². The molecule has 0 aromatic rings. The lowest BCUT2D eigenvalue weighted by Gasteiger charge is -2.15. The second-order valence-corrected chi connectivity index (χ2v) is 3.20. The van der Waals surface area contributed by atoms with Gasteiger partial charge in [-0.25, -0.2) is 3.11 Å². The van der Waals surface area contributed by atoms with Gasteiger partial charge in [0.15, 0.2) is 0 Å². The van der Waals surface area contributed by atoms with Crippen LogP contribution >= 0.6 is 22.9 Å². The van der Waals surface area contributed by atoms with Crippen LogP contribution in [0.1, 0.15) is 13.8 Å². The molecule has 0 aromatic heterocycles. The van der Waals surface area contributed by atoms with E-state index in [0.717, 1.165) is 6.54 Å². The largest absolute Gasteiger partial charge is 0.241 e. The molecule has 0 unspecified atom stereocenters. The fraction of sp³-hybridized carbons (Fsp3) is 0.667. The van der Waals surface area contributed by atoms with Gasteiger partial charge < -0.3 is 0 Å². The van der Waals surface area contributed by atoms with E-state index in [1.165, 1.54) is 0 Å². The Kier molecular flexibility index (Phi) is 4.56. The lowest BCUT2D eigenvalue weighted by atomic mass is 10.4. The first-order chi connectivity index (χ1) is 3.68. The van der Waals surface area contributed by atoms with Gasteiger partial charge in [0.25, 0.3) is 0 Å². The summed E-state index contributed by atoms with van der Waals surface area (Å²) in [4.78, 5) is 0. The Balaban J connectivity index is 3.30. The van der Waals surface area contributed by atoms with E-state index in [4.69, 9.17) is 0 Å². The molecule has 0 aliphatic rings. The number of hydrogen-bond acceptors (Lipinski definition) is 1. The molecular formula is C6H12IN. The molecule has 0 aromatic carbocycles. The van der Waals surface area contributed by atoms with Crippen LogP contribution in [0.5, 0.6) is 0 Å². The molecule has 0 saturated heterocycles. The molecule has 8 heavy (non-hydrogen) atoms. The number of rotatable bonds is 3. The highest BCUT2D eigenvalue weighted by Crippen LogP contribution is 2.03. The van der Waals surface area contributed by atoms with E-state index in [-0.39, 0.29) is 0 Å². The van der Waals surface area contributed by atoms with Crippen LogP contribution < -0.4 is 0 Å². The predicted molar refractivity (Wildman–Crippen MR) is 46.1 cm³/mol. The Morgan fingerprint density at radius 2 is 2.25 bits per heavy atom. The SMILES string of the molecule is C=CCN(I)C(C)C. The maximum atomic E-state index is 3.64. The Labute approximate surface area is 65.3 Å². The van der Waals surface area contributed by atoms with E-state index in [9.17, 15) is 0 Å². The molecule has 48 valence electrons. The molecule has 0 heterocycles. The highest BCUT2D eigenvalue weighted by atomic mass is 127. The van der Waals surface area contributed by atoms with Crippen molar-refractivity contribution in [2.24, 2.45) is 0 Å². The van der Waals surface area contributed by atoms with Crippen LogP contribution in [0, 0.1) is 0 Å². The number of nitrogens with zero attached hydrogens (tertiary/aromatic N) is 1. The van der Waals surface area contributed by atoms with Crippen molar-refractivity contribution in [1.29, 1.82) is 0 Å². The molecule has 0 aliphatic carbocycles. The summed E-state index contributed by atoms with van der Waals surface area (Å²) in [6.45, 7) is 8.93. The lowest BCUT2D eigenvalue weighted by Crippen LogP contribution is -2.19. The summed E-state index contributed by atoms with van der Waals surface area (Å²) < 4.78 is 2.20. The Hall–Kier alpha value is 0.430. The molecule has 0 saturated carbocycles. The van der Waals surface area contributed by atoms with Crippen LogP contribution in [-0.2, 0) is 0 Å². The van der Waals surface area contributed by atoms with Gasteiger partial charge >= 0.3 is 0 Å². The predicted octanol–water partition coefficient (Wildman–Crippen LogP) is 2.23. The third-order valence-corrected chi connectivity index (χ3v) is 2.37. The maximum Gasteiger partial charge on any atom is 0.0262 e. The minimum absolute atomic E-state index is 0.619. The monoisotopic (exact) mass is 225 g/mol. The van der Waals surface area contributed by atoms with Crippen LogP contribution in [0.4, 0.5) is 0 Å². The summed E-state index contributed by atoms with van der Waals surface area (Å²) in [5.74, 6) is 0. The molecule has 0 N–H and O–H groups in total. The first-order valence-corrected chi connectivity index (χ1v) is 3.68. The van der Waals surface area contributed by atoms with E-state index in [0.29, 0.717) is 6.04 Å². The zero-order valence-corrected chi connectivity index (χ0v) is 7.55. The van der Waals surface area contributed by atoms with E-state index < -0.39 is 0 Å². The van der Waals surface area contributed by atoms with Gasteiger partial charge in [-0.05, 0) is 13.8 Å². The van der Waals surface area contributed by atoms with E-state index >= 15 is 0 Å². The molecule has 0 amide bonds. The first kappa shape index (κ1) is 8.43. The highest BCUT2D eigenvalue weighted by molar-refractivity contribution is 14.1. The third-order valence-electron chi connectivity index (χ3n) is 0.864. The second kappa shape index (κ2) is 4.32. The summed E-state index contributed by atoms with van der Waals surface area (Å²) >= 11 is 2.29. The van der Waals surface area contributed by atoms with Gasteiger partial charge in [0.2, 0.25) is 0 Å². The van der Waals surface area contributed by atoms with Crippen LogP contribution in [0.3, 0.4) is 0 Å². The fourth-order valence-corrected chi connectivity index (χ4v) is 0.613. The Morgan fingerprint density at radius 1 is 1.75 bits per heavy atom. The van der Waals surface area contributed by atoms with Crippen molar-refractivity contribution in [3.63, 3.8) is 0 Å². The van der Waals surface area contributed by atoms with Gasteiger partial charge in [-0.1, -0.05) is 6.08 Å². The minimum Gasteiger partial charge on any atom is -0.241 e. The van der Waals surface area contributed by atoms with Crippen molar-refractivity contribution < 1.29 is 0 Å². The summed E-state index contributed by atoms with van der Waals surface area (Å²) in [5, 5.41) is 0. The minimum atomic E-state index is 0.619. The Morgan fingerprint density at radius 3 is 2.38 bits per heavy atom. The van der Waals surface area contributed by atoms with E-state index in [2.05, 4.69) is 46.4 Å². The van der Waals surface area contributed by atoms with Crippen molar-refractivity contribution in [3.05, 3.63) is 12.7 Å². The van der Waals surface area contributed by atoms with Gasteiger partial charge in [-0.3, -0.25) is 0 Å². The van der Waals surface area contributed by atoms with Crippen molar-refractivity contribution in [1.82, 2.24) is 3.11 Å². The average molecular weight is 225 g/mol. The molecule has 0 atom stereocenters. The second-order valence-electron chi connectivity index (χ2n) is 1.96. The lowest BCUT2D eigenvalue weighted by molar-refractivity contribution is 0.469. The van der Waals surface area contributed by atoms with Crippen molar-refractivity contribution >= 4 is 22.9 Å². The molecule has 0 radical (unpaired) electrons. The summed E-state index contributed by atoms with van der Waals surface area (Å²) in [7, 11) is 0. The van der Waals surface area contributed by atoms with Crippen LogP contribution in [-0.4, -0.2) is 15.7 Å². The van der Waals surface area contributed by atoms with Crippen LogP contribution in [0.25, 0.3) is 0 Å². The highest BCUT2D eigenvalue weighted by Gasteiger charge is 1.99. The smallest absolute Gasteiger partial charge is 0.0262 e. The molecule has 0 bridgehead atoms. The summed E-state index contributed by atoms with van der Waals surface area (Å²) in [6.07, 6.45) is 1.91. The topological polar surface area (TPSA) is 3.24 Å². The third kappa shape index (κ3) is 3.43. The van der Waals surface area contributed by atoms with Gasteiger partial charge in [0.1, 0.15) is 0 Å². The maximum absolute atomic E-state index is 3.64. The summed E-state index contributed by atoms with van der Waals surface area (Å²) in [5.41, 5.74) is 0. The standard InChI is InChI=1S/C6H12IN/c1-4-5-8(7)6(2)3/h4,6H,1,5H2,2-3H3. The summed E-state index contributed by atoms with van der Waals surface area (Å²) in [6, 6.07) is 0.619. The molecule has 1 nitrogen and oxygen atoms in total. The molecule has 0 rings (SSSR count). The normalized spacial score (nSPS) is 10.6. The molecule has 0 fully saturated rings. The quantitative estimate of drug-likeness (QED) is 0.404. The van der Waals surface area contributed by atoms with Crippen molar-refractivity contribution in [3.8, 4) is 0 Å². The van der Waals surface area contributed by atoms with Gasteiger partial charge in [-0.15, -0.1) is 6.58 Å². The zero-order chi connectivity index (χ0) is 6.57. The van der Waals surface area contributed by atoms with E-state index in [1.54, 1.807) is 0 Å². The average Bonchev–Trinajstić information content (AvgIpc) is 1.67. The molecule has 0 spiro atoms. The number of hydrogen-bond donors (Lipinski definition) is 0. The van der Waals surface area contributed by atoms with Crippen LogP contribution in [0.2, 0.25) is 0 Å². The molecule has 0 aliphatic heterocycles. The number of halogens is 1. The fourth-order valence-electron chi connectivity index (χ4n) is 0.334. The molecular weight excluding hydrogens is 213 g/mol. The molecule has 2 heteroatoms. The van der Waals surface area contributed by atoms with Crippen molar-refractivity contribution in [2.45, 2.75) is 19.9 Å². The zero-order valence-electron chi connectivity index (χ0n) is 5.39.